The maximum Gasteiger partial charge on any atom is 0.258 e. The summed E-state index contributed by atoms with van der Waals surface area (Å²) < 4.78 is 10.7. The third-order valence-electron chi connectivity index (χ3n) is 4.42. The lowest BCUT2D eigenvalue weighted by molar-refractivity contribution is -0.123. The minimum Gasteiger partial charge on any atom is -0.497 e. The number of aromatic amines is 1. The third-order valence-corrected chi connectivity index (χ3v) is 4.42. The van der Waals surface area contributed by atoms with Gasteiger partial charge < -0.3 is 14.8 Å². The summed E-state index contributed by atoms with van der Waals surface area (Å²) in [5.41, 5.74) is 2.16. The Morgan fingerprint density at radius 1 is 1.03 bits per heavy atom. The largest absolute Gasteiger partial charge is 0.497 e. The maximum absolute atomic E-state index is 12.1. The van der Waals surface area contributed by atoms with Crippen molar-refractivity contribution in [3.8, 4) is 22.9 Å². The van der Waals surface area contributed by atoms with Crippen LogP contribution < -0.4 is 14.8 Å². The number of carbonyl (C=O) groups is 1. The molecule has 0 radical (unpaired) electrons. The van der Waals surface area contributed by atoms with Crippen LogP contribution in [0, 0.1) is 0 Å². The van der Waals surface area contributed by atoms with Crippen molar-refractivity contribution in [2.45, 2.75) is 32.7 Å². The van der Waals surface area contributed by atoms with E-state index in [-0.39, 0.29) is 24.5 Å². The predicted molar refractivity (Wildman–Crippen MR) is 111 cm³/mol. The van der Waals surface area contributed by atoms with Crippen molar-refractivity contribution in [1.29, 1.82) is 0 Å². The van der Waals surface area contributed by atoms with Gasteiger partial charge in [-0.1, -0.05) is 32.9 Å². The Balaban J connectivity index is 1.47. The normalized spacial score (nSPS) is 11.2. The van der Waals surface area contributed by atoms with Crippen LogP contribution in [0.25, 0.3) is 11.4 Å². The number of hydrogen-bond acceptors (Lipinski definition) is 5. The SMILES string of the molecule is COc1ccc(-c2n[nH]c(CNC(=O)COc3ccc(C(C)(C)C)cc3)n2)cc1. The number of hydrogen-bond donors (Lipinski definition) is 2. The van der Waals surface area contributed by atoms with Crippen molar-refractivity contribution in [3.63, 3.8) is 0 Å². The van der Waals surface area contributed by atoms with Crippen LogP contribution >= 0.6 is 0 Å². The smallest absolute Gasteiger partial charge is 0.258 e. The van der Waals surface area contributed by atoms with Gasteiger partial charge in [0.2, 0.25) is 0 Å². The second kappa shape index (κ2) is 8.77. The van der Waals surface area contributed by atoms with Crippen molar-refractivity contribution in [2.75, 3.05) is 13.7 Å². The van der Waals surface area contributed by atoms with Crippen LogP contribution in [0.3, 0.4) is 0 Å². The Morgan fingerprint density at radius 3 is 2.31 bits per heavy atom. The number of aromatic nitrogens is 3. The van der Waals surface area contributed by atoms with Gasteiger partial charge in [-0.25, -0.2) is 4.98 Å². The number of H-pyrrole nitrogens is 1. The van der Waals surface area contributed by atoms with E-state index in [4.69, 9.17) is 9.47 Å². The first kappa shape index (κ1) is 20.4. The number of methoxy groups -OCH3 is 1. The quantitative estimate of drug-likeness (QED) is 0.640. The molecule has 0 saturated carbocycles. The van der Waals surface area contributed by atoms with E-state index in [1.54, 1.807) is 7.11 Å². The van der Waals surface area contributed by atoms with Crippen LogP contribution in [0.1, 0.15) is 32.2 Å². The summed E-state index contributed by atoms with van der Waals surface area (Å²) in [5, 5.41) is 9.79. The van der Waals surface area contributed by atoms with Crippen LogP contribution in [0.2, 0.25) is 0 Å². The van der Waals surface area contributed by atoms with Crippen LogP contribution in [-0.2, 0) is 16.8 Å². The van der Waals surface area contributed by atoms with E-state index in [2.05, 4.69) is 41.3 Å². The van der Waals surface area contributed by atoms with Gasteiger partial charge in [-0.2, -0.15) is 5.10 Å². The fourth-order valence-electron chi connectivity index (χ4n) is 2.68. The van der Waals surface area contributed by atoms with Crippen molar-refractivity contribution in [1.82, 2.24) is 20.5 Å². The average molecular weight is 394 g/mol. The van der Waals surface area contributed by atoms with Gasteiger partial charge in [-0.3, -0.25) is 9.89 Å². The topological polar surface area (TPSA) is 89.1 Å². The lowest BCUT2D eigenvalue weighted by Gasteiger charge is -2.19. The number of benzene rings is 2. The fraction of sp³-hybridized carbons (Fsp3) is 0.318. The van der Waals surface area contributed by atoms with Crippen LogP contribution in [0.15, 0.2) is 48.5 Å². The highest BCUT2D eigenvalue weighted by Crippen LogP contribution is 2.24. The van der Waals surface area contributed by atoms with Gasteiger partial charge in [0.05, 0.1) is 13.7 Å². The highest BCUT2D eigenvalue weighted by atomic mass is 16.5. The minimum absolute atomic E-state index is 0.0612. The average Bonchev–Trinajstić information content (AvgIpc) is 3.19. The number of nitrogens with one attached hydrogen (secondary N) is 2. The van der Waals surface area contributed by atoms with E-state index in [1.807, 2.05) is 48.5 Å². The van der Waals surface area contributed by atoms with E-state index in [1.165, 1.54) is 5.56 Å². The molecule has 1 aromatic heterocycles. The maximum atomic E-state index is 12.1. The molecular weight excluding hydrogens is 368 g/mol. The number of ether oxygens (including phenoxy) is 2. The van der Waals surface area contributed by atoms with Crippen LogP contribution in [0.4, 0.5) is 0 Å². The molecule has 0 aliphatic rings. The van der Waals surface area contributed by atoms with E-state index in [0.29, 0.717) is 17.4 Å². The zero-order chi connectivity index (χ0) is 20.9. The Kier molecular flexibility index (Phi) is 6.16. The first-order valence-electron chi connectivity index (χ1n) is 9.41. The van der Waals surface area contributed by atoms with Crippen molar-refractivity contribution >= 4 is 5.91 Å². The zero-order valence-corrected chi connectivity index (χ0v) is 17.2. The lowest BCUT2D eigenvalue weighted by Crippen LogP contribution is -2.28. The molecule has 1 amide bonds. The molecule has 0 fully saturated rings. The molecular formula is C22H26N4O3. The molecule has 7 heteroatoms. The van der Waals surface area contributed by atoms with E-state index >= 15 is 0 Å². The molecule has 2 N–H and O–H groups in total. The highest BCUT2D eigenvalue weighted by Gasteiger charge is 2.13. The number of nitrogens with zero attached hydrogens (tertiary/aromatic N) is 2. The number of carbonyl (C=O) groups excluding carboxylic acids is 1. The fourth-order valence-corrected chi connectivity index (χ4v) is 2.68. The summed E-state index contributed by atoms with van der Waals surface area (Å²) in [6.45, 7) is 6.64. The Bertz CT molecular complexity index is 941. The molecule has 3 aromatic rings. The van der Waals surface area contributed by atoms with Crippen molar-refractivity contribution in [2.24, 2.45) is 0 Å². The second-order valence-corrected chi connectivity index (χ2v) is 7.67. The van der Waals surface area contributed by atoms with Gasteiger partial charge in [0, 0.05) is 5.56 Å². The Hall–Kier alpha value is -3.35. The second-order valence-electron chi connectivity index (χ2n) is 7.67. The molecule has 0 atom stereocenters. The van der Waals surface area contributed by atoms with Crippen molar-refractivity contribution < 1.29 is 14.3 Å². The summed E-state index contributed by atoms with van der Waals surface area (Å²) in [5.74, 6) is 2.33. The standard InChI is InChI=1S/C22H26N4O3/c1-22(2,3)16-7-11-18(12-8-16)29-14-20(27)23-13-19-24-21(26-25-19)15-5-9-17(28-4)10-6-15/h5-12H,13-14H2,1-4H3,(H,23,27)(H,24,25,26). The van der Waals surface area contributed by atoms with E-state index < -0.39 is 0 Å². The highest BCUT2D eigenvalue weighted by molar-refractivity contribution is 5.77. The van der Waals surface area contributed by atoms with Crippen LogP contribution in [0.5, 0.6) is 11.5 Å². The van der Waals surface area contributed by atoms with E-state index in [9.17, 15) is 4.79 Å². The molecule has 0 aliphatic heterocycles. The summed E-state index contributed by atoms with van der Waals surface area (Å²) >= 11 is 0. The lowest BCUT2D eigenvalue weighted by atomic mass is 9.87. The summed E-state index contributed by atoms with van der Waals surface area (Å²) in [7, 11) is 1.62. The minimum atomic E-state index is -0.229. The van der Waals surface area contributed by atoms with Gasteiger partial charge in [0.1, 0.15) is 17.3 Å². The molecule has 0 aliphatic carbocycles. The van der Waals surface area contributed by atoms with Gasteiger partial charge in [-0.05, 0) is 47.4 Å². The first-order chi connectivity index (χ1) is 13.8. The van der Waals surface area contributed by atoms with Gasteiger partial charge in [0.15, 0.2) is 12.4 Å². The Morgan fingerprint density at radius 2 is 1.69 bits per heavy atom. The molecule has 0 unspecified atom stereocenters. The Labute approximate surface area is 170 Å². The summed E-state index contributed by atoms with van der Waals surface area (Å²) in [4.78, 5) is 16.4. The molecule has 7 nitrogen and oxygen atoms in total. The molecule has 1 heterocycles. The van der Waals surface area contributed by atoms with E-state index in [0.717, 1.165) is 11.3 Å². The number of rotatable bonds is 7. The molecule has 0 bridgehead atoms. The monoisotopic (exact) mass is 394 g/mol. The molecule has 0 saturated heterocycles. The third kappa shape index (κ3) is 5.57. The van der Waals surface area contributed by atoms with Crippen molar-refractivity contribution in [3.05, 3.63) is 59.9 Å². The molecule has 0 spiro atoms. The predicted octanol–water partition coefficient (Wildman–Crippen LogP) is 3.47. The van der Waals surface area contributed by atoms with Crippen LogP contribution in [-0.4, -0.2) is 34.8 Å². The number of amides is 1. The molecule has 29 heavy (non-hydrogen) atoms. The molecule has 2 aromatic carbocycles. The van der Waals surface area contributed by atoms with Gasteiger partial charge in [-0.15, -0.1) is 0 Å². The first-order valence-corrected chi connectivity index (χ1v) is 9.41. The molecule has 152 valence electrons. The summed E-state index contributed by atoms with van der Waals surface area (Å²) in [6, 6.07) is 15.2. The molecule has 3 rings (SSSR count). The summed E-state index contributed by atoms with van der Waals surface area (Å²) in [6.07, 6.45) is 0. The zero-order valence-electron chi connectivity index (χ0n) is 17.2. The van der Waals surface area contributed by atoms with Gasteiger partial charge >= 0.3 is 0 Å². The van der Waals surface area contributed by atoms with Gasteiger partial charge in [0.25, 0.3) is 5.91 Å².